The van der Waals surface area contributed by atoms with Crippen LogP contribution in [0.4, 0.5) is 0 Å². The first-order chi connectivity index (χ1) is 7.84. The highest BCUT2D eigenvalue weighted by atomic mass is 16.2. The zero-order chi connectivity index (χ0) is 13.6. The normalized spacial score (nSPS) is 16.4. The molecule has 0 aliphatic carbocycles. The monoisotopic (exact) mass is 242 g/mol. The highest BCUT2D eigenvalue weighted by molar-refractivity contribution is 5.89. The summed E-state index contributed by atoms with van der Waals surface area (Å²) < 4.78 is 0. The second-order valence-electron chi connectivity index (χ2n) is 4.99. The molecule has 0 fully saturated rings. The van der Waals surface area contributed by atoms with E-state index in [-0.39, 0.29) is 35.6 Å². The maximum atomic E-state index is 12.0. The molecule has 0 spiro atoms. The Hall–Kier alpha value is -0.900. The molecule has 0 rings (SSSR count). The molecule has 0 saturated carbocycles. The fourth-order valence-corrected chi connectivity index (χ4v) is 1.89. The van der Waals surface area contributed by atoms with Crippen molar-refractivity contribution in [3.8, 4) is 0 Å². The van der Waals surface area contributed by atoms with Gasteiger partial charge >= 0.3 is 0 Å². The summed E-state index contributed by atoms with van der Waals surface area (Å²) in [7, 11) is 1.76. The molecule has 0 radical (unpaired) electrons. The van der Waals surface area contributed by atoms with Crippen molar-refractivity contribution in [2.24, 2.45) is 11.8 Å². The largest absolute Gasteiger partial charge is 0.345 e. The van der Waals surface area contributed by atoms with Crippen molar-refractivity contribution >= 4 is 11.7 Å². The van der Waals surface area contributed by atoms with Gasteiger partial charge < -0.3 is 10.6 Å². The number of hydrogen-bond acceptors (Lipinski definition) is 3. The molecular formula is C13H26N2O2. The molecule has 0 aromatic heterocycles. The number of carbonyl (C=O) groups is 2. The smallest absolute Gasteiger partial charge is 0.237 e. The summed E-state index contributed by atoms with van der Waals surface area (Å²) in [4.78, 5) is 23.6. The van der Waals surface area contributed by atoms with E-state index in [4.69, 9.17) is 0 Å². The summed E-state index contributed by atoms with van der Waals surface area (Å²) in [6, 6.07) is -0.622. The molecule has 0 aromatic carbocycles. The predicted octanol–water partition coefficient (Wildman–Crippen LogP) is 1.35. The van der Waals surface area contributed by atoms with Gasteiger partial charge in [-0.1, -0.05) is 34.1 Å². The first kappa shape index (κ1) is 16.1. The second kappa shape index (κ2) is 7.43. The molecule has 4 nitrogen and oxygen atoms in total. The van der Waals surface area contributed by atoms with Crippen molar-refractivity contribution in [3.05, 3.63) is 0 Å². The van der Waals surface area contributed by atoms with Crippen molar-refractivity contribution in [2.45, 2.75) is 53.1 Å². The van der Waals surface area contributed by atoms with Crippen LogP contribution in [-0.2, 0) is 9.59 Å². The van der Waals surface area contributed by atoms with Gasteiger partial charge in [0.05, 0.1) is 12.1 Å². The SMILES string of the molecule is CCC(C)[C@H](NC(=O)C(NC)C(C)C)C(C)=O. The van der Waals surface area contributed by atoms with Gasteiger partial charge in [-0.25, -0.2) is 0 Å². The average molecular weight is 242 g/mol. The van der Waals surface area contributed by atoms with Crippen molar-refractivity contribution in [3.63, 3.8) is 0 Å². The third kappa shape index (κ3) is 4.86. The van der Waals surface area contributed by atoms with Gasteiger partial charge in [-0.3, -0.25) is 9.59 Å². The standard InChI is InChI=1S/C13H26N2O2/c1-7-9(4)12(10(5)16)15-13(17)11(14-6)8(2)3/h8-9,11-12,14H,7H2,1-6H3,(H,15,17)/t9?,11?,12-/m0/s1. The van der Waals surface area contributed by atoms with Crippen LogP contribution in [0, 0.1) is 11.8 Å². The van der Waals surface area contributed by atoms with Crippen LogP contribution in [0.2, 0.25) is 0 Å². The molecule has 3 atom stereocenters. The van der Waals surface area contributed by atoms with Crippen LogP contribution in [0.5, 0.6) is 0 Å². The lowest BCUT2D eigenvalue weighted by Crippen LogP contribution is -2.52. The lowest BCUT2D eigenvalue weighted by Gasteiger charge is -2.26. The van der Waals surface area contributed by atoms with E-state index in [1.165, 1.54) is 6.92 Å². The van der Waals surface area contributed by atoms with Crippen LogP contribution >= 0.6 is 0 Å². The fourth-order valence-electron chi connectivity index (χ4n) is 1.89. The predicted molar refractivity (Wildman–Crippen MR) is 69.8 cm³/mol. The number of likely N-dealkylation sites (N-methyl/N-ethyl adjacent to an activating group) is 1. The lowest BCUT2D eigenvalue weighted by atomic mass is 9.95. The topological polar surface area (TPSA) is 58.2 Å². The van der Waals surface area contributed by atoms with E-state index >= 15 is 0 Å². The minimum Gasteiger partial charge on any atom is -0.345 e. The summed E-state index contributed by atoms with van der Waals surface area (Å²) in [6.07, 6.45) is 0.871. The number of carbonyl (C=O) groups excluding carboxylic acids is 2. The Morgan fingerprint density at radius 1 is 1.12 bits per heavy atom. The average Bonchev–Trinajstić information content (AvgIpc) is 2.24. The van der Waals surface area contributed by atoms with Crippen LogP contribution < -0.4 is 10.6 Å². The Kier molecular flexibility index (Phi) is 7.04. The highest BCUT2D eigenvalue weighted by Gasteiger charge is 2.27. The molecule has 1 amide bonds. The molecular weight excluding hydrogens is 216 g/mol. The van der Waals surface area contributed by atoms with Gasteiger partial charge in [0, 0.05) is 0 Å². The summed E-state index contributed by atoms with van der Waals surface area (Å²) >= 11 is 0. The number of Topliss-reactive ketones (excluding diaryl/α,β-unsaturated/α-hetero) is 1. The van der Waals surface area contributed by atoms with E-state index in [0.29, 0.717) is 0 Å². The van der Waals surface area contributed by atoms with Crippen molar-refractivity contribution in [2.75, 3.05) is 7.05 Å². The Morgan fingerprint density at radius 3 is 1.94 bits per heavy atom. The van der Waals surface area contributed by atoms with E-state index in [1.807, 2.05) is 27.7 Å². The third-order valence-electron chi connectivity index (χ3n) is 3.21. The second-order valence-corrected chi connectivity index (χ2v) is 4.99. The molecule has 2 unspecified atom stereocenters. The van der Waals surface area contributed by atoms with Crippen molar-refractivity contribution in [1.82, 2.24) is 10.6 Å². The summed E-state index contributed by atoms with van der Waals surface area (Å²) in [5, 5.41) is 5.83. The number of rotatable bonds is 7. The maximum Gasteiger partial charge on any atom is 0.237 e. The third-order valence-corrected chi connectivity index (χ3v) is 3.21. The maximum absolute atomic E-state index is 12.0. The minimum atomic E-state index is -0.373. The van der Waals surface area contributed by atoms with E-state index < -0.39 is 0 Å². The van der Waals surface area contributed by atoms with E-state index in [1.54, 1.807) is 7.05 Å². The molecule has 0 aliphatic heterocycles. The number of nitrogens with one attached hydrogen (secondary N) is 2. The molecule has 0 aliphatic rings. The summed E-state index contributed by atoms with van der Waals surface area (Å²) in [5.41, 5.74) is 0. The van der Waals surface area contributed by atoms with Crippen LogP contribution in [0.15, 0.2) is 0 Å². The number of hydrogen-bond donors (Lipinski definition) is 2. The van der Waals surface area contributed by atoms with Gasteiger partial charge in [-0.15, -0.1) is 0 Å². The van der Waals surface area contributed by atoms with Crippen LogP contribution in [0.25, 0.3) is 0 Å². The quantitative estimate of drug-likeness (QED) is 0.708. The Bertz CT molecular complexity index is 264. The van der Waals surface area contributed by atoms with E-state index in [0.717, 1.165) is 6.42 Å². The number of ketones is 1. The van der Waals surface area contributed by atoms with Gasteiger partial charge in [-0.2, -0.15) is 0 Å². The Morgan fingerprint density at radius 2 is 1.65 bits per heavy atom. The van der Waals surface area contributed by atoms with Gasteiger partial charge in [-0.05, 0) is 25.8 Å². The summed E-state index contributed by atoms with van der Waals surface area (Å²) in [5.74, 6) is 0.292. The molecule has 0 heterocycles. The minimum absolute atomic E-state index is 0.0197. The van der Waals surface area contributed by atoms with Crippen molar-refractivity contribution in [1.29, 1.82) is 0 Å². The Labute approximate surface area is 105 Å². The summed E-state index contributed by atoms with van der Waals surface area (Å²) in [6.45, 7) is 9.49. The van der Waals surface area contributed by atoms with Gasteiger partial charge in [0.1, 0.15) is 0 Å². The van der Waals surface area contributed by atoms with Gasteiger partial charge in [0.2, 0.25) is 5.91 Å². The molecule has 0 aromatic rings. The van der Waals surface area contributed by atoms with Crippen LogP contribution in [0.1, 0.15) is 41.0 Å². The highest BCUT2D eigenvalue weighted by Crippen LogP contribution is 2.10. The molecule has 0 saturated heterocycles. The lowest BCUT2D eigenvalue weighted by molar-refractivity contribution is -0.129. The van der Waals surface area contributed by atoms with Gasteiger partial charge in [0.25, 0.3) is 0 Å². The first-order valence-corrected chi connectivity index (χ1v) is 6.33. The van der Waals surface area contributed by atoms with E-state index in [9.17, 15) is 9.59 Å². The fraction of sp³-hybridized carbons (Fsp3) is 0.846. The first-order valence-electron chi connectivity index (χ1n) is 6.33. The molecule has 17 heavy (non-hydrogen) atoms. The van der Waals surface area contributed by atoms with Crippen molar-refractivity contribution < 1.29 is 9.59 Å². The molecule has 0 bridgehead atoms. The molecule has 4 heteroatoms. The molecule has 100 valence electrons. The Balaban J connectivity index is 4.65. The molecule has 2 N–H and O–H groups in total. The van der Waals surface area contributed by atoms with Crippen LogP contribution in [0.3, 0.4) is 0 Å². The van der Waals surface area contributed by atoms with Crippen LogP contribution in [-0.4, -0.2) is 30.8 Å². The van der Waals surface area contributed by atoms with Gasteiger partial charge in [0.15, 0.2) is 5.78 Å². The van der Waals surface area contributed by atoms with E-state index in [2.05, 4.69) is 10.6 Å². The zero-order valence-corrected chi connectivity index (χ0v) is 11.8. The number of amides is 1. The zero-order valence-electron chi connectivity index (χ0n) is 11.8.